The summed E-state index contributed by atoms with van der Waals surface area (Å²) in [6, 6.07) is 33.3. The van der Waals surface area contributed by atoms with Crippen molar-refractivity contribution in [3.05, 3.63) is 114 Å². The highest BCUT2D eigenvalue weighted by Crippen LogP contribution is 2.60. The summed E-state index contributed by atoms with van der Waals surface area (Å²) in [6.45, 7) is 6.90. The average Bonchev–Trinajstić information content (AvgIpc) is 2.79. The molecular weight excluding hydrogens is 438 g/mol. The molecule has 0 saturated heterocycles. The Hall–Kier alpha value is -1.85. The van der Waals surface area contributed by atoms with Crippen LogP contribution in [-0.4, -0.2) is 6.16 Å². The van der Waals surface area contributed by atoms with E-state index in [9.17, 15) is 0 Å². The van der Waals surface area contributed by atoms with Crippen LogP contribution < -0.4 is 28.3 Å². The van der Waals surface area contributed by atoms with Gasteiger partial charge in [0.25, 0.3) is 0 Å². The first-order chi connectivity index (χ1) is 14.4. The summed E-state index contributed by atoms with van der Waals surface area (Å²) in [5.41, 5.74) is 1.35. The van der Waals surface area contributed by atoms with Crippen molar-refractivity contribution < 1.29 is 12.4 Å². The van der Waals surface area contributed by atoms with Gasteiger partial charge in [0.05, 0.1) is 6.16 Å². The van der Waals surface area contributed by atoms with Crippen LogP contribution in [0.2, 0.25) is 0 Å². The molecule has 3 aromatic rings. The Balaban J connectivity index is 0.00000272. The minimum Gasteiger partial charge on any atom is -1.00 e. The maximum atomic E-state index is 6.66. The van der Waals surface area contributed by atoms with Gasteiger partial charge in [0.15, 0.2) is 0 Å². The minimum atomic E-state index is -1.89. The van der Waals surface area contributed by atoms with Crippen LogP contribution in [0.1, 0.15) is 20.8 Å². The minimum absolute atomic E-state index is 0. The van der Waals surface area contributed by atoms with Crippen LogP contribution in [0.3, 0.4) is 0 Å². The molecule has 31 heavy (non-hydrogen) atoms. The smallest absolute Gasteiger partial charge is 0.112 e. The van der Waals surface area contributed by atoms with Gasteiger partial charge in [-0.1, -0.05) is 86.1 Å². The van der Waals surface area contributed by atoms with Crippen LogP contribution in [0, 0.1) is 11.3 Å². The van der Waals surface area contributed by atoms with E-state index in [1.807, 2.05) is 0 Å². The van der Waals surface area contributed by atoms with Gasteiger partial charge in [-0.2, -0.15) is 0 Å². The lowest BCUT2D eigenvalue weighted by atomic mass is 9.73. The topological polar surface area (TPSA) is 0 Å². The number of allylic oxidation sites excluding steroid dienone is 4. The lowest BCUT2D eigenvalue weighted by Crippen LogP contribution is -3.00. The molecule has 0 nitrogen and oxygen atoms in total. The summed E-state index contributed by atoms with van der Waals surface area (Å²) >= 11 is 6.66. The molecule has 0 fully saturated rings. The zero-order valence-electron chi connectivity index (χ0n) is 18.3. The molecule has 1 aliphatic carbocycles. The molecule has 0 spiro atoms. The number of halogens is 2. The van der Waals surface area contributed by atoms with Crippen molar-refractivity contribution in [1.29, 1.82) is 0 Å². The molecule has 1 atom stereocenters. The third-order valence-electron chi connectivity index (χ3n) is 6.50. The second-order valence-electron chi connectivity index (χ2n) is 8.74. The molecule has 4 rings (SSSR count). The van der Waals surface area contributed by atoms with Crippen LogP contribution in [0.25, 0.3) is 0 Å². The Morgan fingerprint density at radius 1 is 0.742 bits per heavy atom. The van der Waals surface area contributed by atoms with Gasteiger partial charge in [-0.25, -0.2) is 0 Å². The van der Waals surface area contributed by atoms with Crippen molar-refractivity contribution in [3.63, 3.8) is 0 Å². The van der Waals surface area contributed by atoms with Gasteiger partial charge in [-0.15, -0.1) is 0 Å². The maximum Gasteiger partial charge on any atom is 0.112 e. The second-order valence-corrected chi connectivity index (χ2v) is 12.7. The Kier molecular flexibility index (Phi) is 7.48. The predicted octanol–water partition coefficient (Wildman–Crippen LogP) is 3.71. The summed E-state index contributed by atoms with van der Waals surface area (Å²) in [7, 11) is -1.89. The molecule has 160 valence electrons. The van der Waals surface area contributed by atoms with Gasteiger partial charge in [0.2, 0.25) is 0 Å². The molecule has 0 N–H and O–H groups in total. The third kappa shape index (κ3) is 4.54. The first-order valence-electron chi connectivity index (χ1n) is 10.6. The standard InChI is InChI=1S/C28H29ClP.ClH/c1-22-26(28(2,3)20-19-27(22)29)21-30(23-13-7-4-8-14-23,24-15-9-5-10-16-24)25-17-11-6-12-18-25;/h4-20,26H,21H2,1-3H3;1H/q+1;/p-1. The summed E-state index contributed by atoms with van der Waals surface area (Å²) < 4.78 is 0. The van der Waals surface area contributed by atoms with E-state index in [4.69, 9.17) is 11.6 Å². The van der Waals surface area contributed by atoms with E-state index >= 15 is 0 Å². The summed E-state index contributed by atoms with van der Waals surface area (Å²) in [6.07, 6.45) is 5.44. The summed E-state index contributed by atoms with van der Waals surface area (Å²) in [5, 5.41) is 5.18. The van der Waals surface area contributed by atoms with Crippen molar-refractivity contribution in [2.45, 2.75) is 20.8 Å². The number of hydrogen-bond donors (Lipinski definition) is 0. The summed E-state index contributed by atoms with van der Waals surface area (Å²) in [4.78, 5) is 0. The number of rotatable bonds is 5. The van der Waals surface area contributed by atoms with Crippen molar-refractivity contribution in [2.24, 2.45) is 11.3 Å². The first-order valence-corrected chi connectivity index (χ1v) is 12.9. The van der Waals surface area contributed by atoms with Gasteiger partial charge >= 0.3 is 0 Å². The first kappa shape index (κ1) is 23.8. The SMILES string of the molecule is CC1=C(Cl)C=CC(C)(C)C1C[P+](c1ccccc1)(c1ccccc1)c1ccccc1.[Cl-]. The van der Waals surface area contributed by atoms with Gasteiger partial charge in [0.1, 0.15) is 23.2 Å². The van der Waals surface area contributed by atoms with Crippen LogP contribution >= 0.6 is 18.9 Å². The number of benzene rings is 3. The van der Waals surface area contributed by atoms with Crippen molar-refractivity contribution >= 4 is 34.8 Å². The molecular formula is C28H29Cl2P. The van der Waals surface area contributed by atoms with E-state index in [0.29, 0.717) is 5.92 Å². The largest absolute Gasteiger partial charge is 1.00 e. The predicted molar refractivity (Wildman–Crippen MR) is 135 cm³/mol. The molecule has 0 amide bonds. The summed E-state index contributed by atoms with van der Waals surface area (Å²) in [5.74, 6) is 0.365. The molecule has 0 saturated carbocycles. The highest BCUT2D eigenvalue weighted by molar-refractivity contribution is 7.95. The molecule has 3 heteroatoms. The van der Waals surface area contributed by atoms with Crippen LogP contribution in [0.15, 0.2) is 114 Å². The lowest BCUT2D eigenvalue weighted by Gasteiger charge is -2.39. The highest BCUT2D eigenvalue weighted by Gasteiger charge is 2.50. The Morgan fingerprint density at radius 3 is 1.52 bits per heavy atom. The Labute approximate surface area is 198 Å². The maximum absolute atomic E-state index is 6.66. The molecule has 1 unspecified atom stereocenters. The van der Waals surface area contributed by atoms with Gasteiger partial charge in [0, 0.05) is 11.0 Å². The fraction of sp³-hybridized carbons (Fsp3) is 0.214. The van der Waals surface area contributed by atoms with Gasteiger partial charge in [-0.05, 0) is 60.4 Å². The van der Waals surface area contributed by atoms with Crippen molar-refractivity contribution in [2.75, 3.05) is 6.16 Å². The van der Waals surface area contributed by atoms with Gasteiger partial charge < -0.3 is 12.4 Å². The lowest BCUT2D eigenvalue weighted by molar-refractivity contribution is -0.00000620. The van der Waals surface area contributed by atoms with E-state index in [-0.39, 0.29) is 17.8 Å². The highest BCUT2D eigenvalue weighted by atomic mass is 35.5. The van der Waals surface area contributed by atoms with E-state index in [2.05, 4.69) is 124 Å². The van der Waals surface area contributed by atoms with E-state index in [1.165, 1.54) is 21.5 Å². The van der Waals surface area contributed by atoms with E-state index in [1.54, 1.807) is 0 Å². The number of hydrogen-bond acceptors (Lipinski definition) is 0. The molecule has 3 aromatic carbocycles. The zero-order chi connectivity index (χ0) is 21.2. The molecule has 0 aromatic heterocycles. The average molecular weight is 467 g/mol. The van der Waals surface area contributed by atoms with Crippen LogP contribution in [0.4, 0.5) is 0 Å². The van der Waals surface area contributed by atoms with Crippen LogP contribution in [-0.2, 0) is 0 Å². The van der Waals surface area contributed by atoms with E-state index < -0.39 is 7.26 Å². The van der Waals surface area contributed by atoms with Crippen LogP contribution in [0.5, 0.6) is 0 Å². The Morgan fingerprint density at radius 2 is 1.13 bits per heavy atom. The zero-order valence-corrected chi connectivity index (χ0v) is 20.7. The molecule has 0 radical (unpaired) electrons. The Bertz CT molecular complexity index is 957. The van der Waals surface area contributed by atoms with Crippen molar-refractivity contribution in [3.8, 4) is 0 Å². The second kappa shape index (κ2) is 9.74. The molecule has 1 aliphatic rings. The van der Waals surface area contributed by atoms with E-state index in [0.717, 1.165) is 11.2 Å². The molecule has 0 heterocycles. The molecule has 0 bridgehead atoms. The van der Waals surface area contributed by atoms with Crippen molar-refractivity contribution in [1.82, 2.24) is 0 Å². The fourth-order valence-electron chi connectivity index (χ4n) is 4.72. The quantitative estimate of drug-likeness (QED) is 0.502. The monoisotopic (exact) mass is 466 g/mol. The fourth-order valence-corrected chi connectivity index (χ4v) is 9.77. The molecule has 0 aliphatic heterocycles. The third-order valence-corrected chi connectivity index (χ3v) is 11.4. The normalized spacial score (nSPS) is 17.9. The van der Waals surface area contributed by atoms with Gasteiger partial charge in [-0.3, -0.25) is 0 Å².